The van der Waals surface area contributed by atoms with Crippen molar-refractivity contribution >= 4 is 22.8 Å². The molecule has 0 radical (unpaired) electrons. The van der Waals surface area contributed by atoms with E-state index in [0.29, 0.717) is 6.54 Å². The molecule has 0 unspecified atom stereocenters. The number of nitrogens with zero attached hydrogens (tertiary/aromatic N) is 2. The van der Waals surface area contributed by atoms with Gasteiger partial charge in [-0.2, -0.15) is 0 Å². The summed E-state index contributed by atoms with van der Waals surface area (Å²) in [5.74, 6) is 0.537. The third-order valence-corrected chi connectivity index (χ3v) is 5.18. The number of rotatable bonds is 5. The SMILES string of the molecule is C[C@@H](c1cc2ccccc2o1)N(C)C(=O)CN1CCC(C(N)=O)CC1. The van der Waals surface area contributed by atoms with Gasteiger partial charge in [-0.1, -0.05) is 18.2 Å². The van der Waals surface area contributed by atoms with Crippen molar-refractivity contribution in [3.63, 3.8) is 0 Å². The minimum absolute atomic E-state index is 0.0467. The fourth-order valence-electron chi connectivity index (χ4n) is 3.29. The number of fused-ring (bicyclic) bond motifs is 1. The minimum atomic E-state index is -0.235. The Morgan fingerprint density at radius 3 is 2.64 bits per heavy atom. The number of hydrogen-bond donors (Lipinski definition) is 1. The molecule has 1 aliphatic rings. The second-order valence-electron chi connectivity index (χ2n) is 6.82. The van der Waals surface area contributed by atoms with E-state index in [1.165, 1.54) is 0 Å². The number of nitrogens with two attached hydrogens (primary N) is 1. The van der Waals surface area contributed by atoms with Gasteiger partial charge in [-0.05, 0) is 45.0 Å². The maximum absolute atomic E-state index is 12.6. The molecule has 0 aliphatic carbocycles. The second-order valence-corrected chi connectivity index (χ2v) is 6.82. The van der Waals surface area contributed by atoms with Crippen molar-refractivity contribution in [3.8, 4) is 0 Å². The summed E-state index contributed by atoms with van der Waals surface area (Å²) in [4.78, 5) is 27.6. The zero-order chi connectivity index (χ0) is 18.0. The molecule has 6 heteroatoms. The van der Waals surface area contributed by atoms with Gasteiger partial charge in [0.15, 0.2) is 0 Å². The fraction of sp³-hybridized carbons (Fsp3) is 0.474. The molecule has 1 aliphatic heterocycles. The molecule has 0 spiro atoms. The van der Waals surface area contributed by atoms with E-state index in [-0.39, 0.29) is 23.8 Å². The smallest absolute Gasteiger partial charge is 0.237 e. The van der Waals surface area contributed by atoms with Crippen molar-refractivity contribution in [1.82, 2.24) is 9.80 Å². The third-order valence-electron chi connectivity index (χ3n) is 5.18. The minimum Gasteiger partial charge on any atom is -0.459 e. The van der Waals surface area contributed by atoms with Crippen LogP contribution in [0.15, 0.2) is 34.7 Å². The quantitative estimate of drug-likeness (QED) is 0.902. The van der Waals surface area contributed by atoms with Gasteiger partial charge in [0.25, 0.3) is 0 Å². The average molecular weight is 343 g/mol. The summed E-state index contributed by atoms with van der Waals surface area (Å²) in [6.45, 7) is 3.78. The number of para-hydroxylation sites is 1. The Hall–Kier alpha value is -2.34. The normalized spacial score (nSPS) is 17.5. The summed E-state index contributed by atoms with van der Waals surface area (Å²) in [5.41, 5.74) is 6.19. The largest absolute Gasteiger partial charge is 0.459 e. The Bertz CT molecular complexity index is 729. The van der Waals surface area contributed by atoms with E-state index in [1.54, 1.807) is 11.9 Å². The maximum atomic E-state index is 12.6. The molecule has 2 heterocycles. The highest BCUT2D eigenvalue weighted by Gasteiger charge is 2.27. The molecule has 134 valence electrons. The van der Waals surface area contributed by atoms with Gasteiger partial charge in [0.05, 0.1) is 12.6 Å². The molecule has 1 aromatic heterocycles. The number of hydrogen-bond acceptors (Lipinski definition) is 4. The maximum Gasteiger partial charge on any atom is 0.237 e. The molecule has 2 amide bonds. The summed E-state index contributed by atoms with van der Waals surface area (Å²) in [6.07, 6.45) is 1.46. The van der Waals surface area contributed by atoms with Gasteiger partial charge in [0.1, 0.15) is 11.3 Å². The molecule has 0 saturated carbocycles. The van der Waals surface area contributed by atoms with Gasteiger partial charge >= 0.3 is 0 Å². The van der Waals surface area contributed by atoms with E-state index in [4.69, 9.17) is 10.2 Å². The molecule has 1 aromatic carbocycles. The molecule has 2 N–H and O–H groups in total. The number of furan rings is 1. The van der Waals surface area contributed by atoms with Gasteiger partial charge < -0.3 is 15.1 Å². The second kappa shape index (κ2) is 7.27. The molecule has 0 bridgehead atoms. The molecule has 1 atom stereocenters. The van der Waals surface area contributed by atoms with Crippen LogP contribution in [0.3, 0.4) is 0 Å². The molecular formula is C19H25N3O3. The Labute approximate surface area is 147 Å². The van der Waals surface area contributed by atoms with E-state index in [2.05, 4.69) is 4.90 Å². The standard InChI is InChI=1S/C19H25N3O3/c1-13(17-11-15-5-3-4-6-16(15)25-17)21(2)18(23)12-22-9-7-14(8-10-22)19(20)24/h3-6,11,13-14H,7-10,12H2,1-2H3,(H2,20,24)/t13-/m0/s1. The van der Waals surface area contributed by atoms with Crippen LogP contribution in [-0.2, 0) is 9.59 Å². The Balaban J connectivity index is 1.59. The summed E-state index contributed by atoms with van der Waals surface area (Å²) in [6, 6.07) is 9.68. The first-order valence-electron chi connectivity index (χ1n) is 8.71. The van der Waals surface area contributed by atoms with Gasteiger partial charge in [0, 0.05) is 18.4 Å². The van der Waals surface area contributed by atoms with E-state index in [0.717, 1.165) is 42.7 Å². The molecule has 1 fully saturated rings. The lowest BCUT2D eigenvalue weighted by Crippen LogP contribution is -2.44. The first kappa shape index (κ1) is 17.5. The summed E-state index contributed by atoms with van der Waals surface area (Å²) >= 11 is 0. The van der Waals surface area contributed by atoms with E-state index < -0.39 is 0 Å². The first-order valence-corrected chi connectivity index (χ1v) is 8.71. The van der Waals surface area contributed by atoms with Crippen LogP contribution in [0.2, 0.25) is 0 Å². The molecule has 6 nitrogen and oxygen atoms in total. The number of carbonyl (C=O) groups is 2. The number of primary amides is 1. The van der Waals surface area contributed by atoms with Crippen LogP contribution in [0, 0.1) is 5.92 Å². The molecule has 2 aromatic rings. The lowest BCUT2D eigenvalue weighted by molar-refractivity contribution is -0.133. The lowest BCUT2D eigenvalue weighted by Gasteiger charge is -2.32. The first-order chi connectivity index (χ1) is 12.0. The van der Waals surface area contributed by atoms with Crippen LogP contribution >= 0.6 is 0 Å². The summed E-state index contributed by atoms with van der Waals surface area (Å²) < 4.78 is 5.87. The number of amides is 2. The molecular weight excluding hydrogens is 318 g/mol. The van der Waals surface area contributed by atoms with Crippen LogP contribution in [0.25, 0.3) is 11.0 Å². The highest BCUT2D eigenvalue weighted by Crippen LogP contribution is 2.27. The lowest BCUT2D eigenvalue weighted by atomic mass is 9.96. The number of likely N-dealkylation sites (tertiary alicyclic amines) is 1. The van der Waals surface area contributed by atoms with Crippen molar-refractivity contribution in [2.75, 3.05) is 26.7 Å². The highest BCUT2D eigenvalue weighted by molar-refractivity contribution is 5.80. The van der Waals surface area contributed by atoms with Gasteiger partial charge in [-0.3, -0.25) is 14.5 Å². The van der Waals surface area contributed by atoms with Crippen LogP contribution in [0.5, 0.6) is 0 Å². The summed E-state index contributed by atoms with van der Waals surface area (Å²) in [7, 11) is 1.80. The van der Waals surface area contributed by atoms with E-state index in [1.807, 2.05) is 37.3 Å². The Kier molecular flexibility index (Phi) is 5.08. The van der Waals surface area contributed by atoms with Crippen LogP contribution in [0.4, 0.5) is 0 Å². The monoisotopic (exact) mass is 343 g/mol. The van der Waals surface area contributed by atoms with E-state index in [9.17, 15) is 9.59 Å². The number of likely N-dealkylation sites (N-methyl/N-ethyl adjacent to an activating group) is 1. The highest BCUT2D eigenvalue weighted by atomic mass is 16.3. The Morgan fingerprint density at radius 2 is 2.00 bits per heavy atom. The zero-order valence-corrected chi connectivity index (χ0v) is 14.8. The van der Waals surface area contributed by atoms with Crippen LogP contribution in [0.1, 0.15) is 31.6 Å². The van der Waals surface area contributed by atoms with Crippen molar-refractivity contribution in [2.24, 2.45) is 11.7 Å². The topological polar surface area (TPSA) is 79.8 Å². The zero-order valence-electron chi connectivity index (χ0n) is 14.8. The van der Waals surface area contributed by atoms with Crippen molar-refractivity contribution in [2.45, 2.75) is 25.8 Å². The van der Waals surface area contributed by atoms with Crippen LogP contribution in [-0.4, -0.2) is 48.3 Å². The van der Waals surface area contributed by atoms with Crippen molar-refractivity contribution < 1.29 is 14.0 Å². The third kappa shape index (κ3) is 3.85. The predicted molar refractivity (Wildman–Crippen MR) is 95.8 cm³/mol. The van der Waals surface area contributed by atoms with Gasteiger partial charge in [-0.25, -0.2) is 0 Å². The molecule has 25 heavy (non-hydrogen) atoms. The van der Waals surface area contributed by atoms with Gasteiger partial charge in [0.2, 0.25) is 11.8 Å². The predicted octanol–water partition coefficient (Wildman–Crippen LogP) is 2.15. The molecule has 1 saturated heterocycles. The number of carbonyl (C=O) groups excluding carboxylic acids is 2. The Morgan fingerprint density at radius 1 is 1.32 bits per heavy atom. The number of benzene rings is 1. The molecule has 3 rings (SSSR count). The van der Waals surface area contributed by atoms with Crippen molar-refractivity contribution in [1.29, 1.82) is 0 Å². The van der Waals surface area contributed by atoms with Crippen molar-refractivity contribution in [3.05, 3.63) is 36.1 Å². The number of piperidine rings is 1. The van der Waals surface area contributed by atoms with E-state index >= 15 is 0 Å². The van der Waals surface area contributed by atoms with Crippen LogP contribution < -0.4 is 5.73 Å². The average Bonchev–Trinajstić information content (AvgIpc) is 3.05. The summed E-state index contributed by atoms with van der Waals surface area (Å²) in [5, 5.41) is 1.04. The van der Waals surface area contributed by atoms with Gasteiger partial charge in [-0.15, -0.1) is 0 Å². The fourth-order valence-corrected chi connectivity index (χ4v) is 3.29.